The van der Waals surface area contributed by atoms with Crippen molar-refractivity contribution >= 4 is 22.6 Å². The Kier molecular flexibility index (Phi) is 2.84. The van der Waals surface area contributed by atoms with E-state index in [4.69, 9.17) is 0 Å². The number of aliphatic hydroxyl groups is 1. The van der Waals surface area contributed by atoms with Crippen LogP contribution in [-0.2, 0) is 6.42 Å². The van der Waals surface area contributed by atoms with Crippen LogP contribution in [-0.4, -0.2) is 10.7 Å². The Morgan fingerprint density at radius 1 is 1.36 bits per heavy atom. The van der Waals surface area contributed by atoms with E-state index >= 15 is 0 Å². The summed E-state index contributed by atoms with van der Waals surface area (Å²) in [5.41, 5.74) is 0.745. The molecule has 2 rings (SSSR count). The highest BCUT2D eigenvalue weighted by atomic mass is 127. The van der Waals surface area contributed by atoms with Gasteiger partial charge in [0.25, 0.3) is 0 Å². The highest BCUT2D eigenvalue weighted by Crippen LogP contribution is 2.41. The average Bonchev–Trinajstić information content (AvgIpc) is 2.91. The van der Waals surface area contributed by atoms with E-state index in [2.05, 4.69) is 46.9 Å². The lowest BCUT2D eigenvalue weighted by Crippen LogP contribution is -2.29. The van der Waals surface area contributed by atoms with Crippen LogP contribution in [0.15, 0.2) is 24.3 Å². The van der Waals surface area contributed by atoms with Gasteiger partial charge in [-0.25, -0.2) is 0 Å². The zero-order chi connectivity index (χ0) is 10.2. The van der Waals surface area contributed by atoms with Crippen LogP contribution in [0.5, 0.6) is 0 Å². The highest BCUT2D eigenvalue weighted by molar-refractivity contribution is 14.1. The SMILES string of the molecule is CC(O)(Cc1ccc(I)cc1)C1CC1. The lowest BCUT2D eigenvalue weighted by atomic mass is 9.92. The van der Waals surface area contributed by atoms with Gasteiger partial charge in [0.05, 0.1) is 5.60 Å². The fourth-order valence-corrected chi connectivity index (χ4v) is 2.22. The first-order chi connectivity index (χ1) is 6.58. The van der Waals surface area contributed by atoms with Gasteiger partial charge in [0, 0.05) is 9.99 Å². The number of halogens is 1. The van der Waals surface area contributed by atoms with Gasteiger partial charge in [-0.15, -0.1) is 0 Å². The first-order valence-corrected chi connectivity index (χ1v) is 6.12. The molecule has 0 bridgehead atoms. The van der Waals surface area contributed by atoms with Gasteiger partial charge in [0.1, 0.15) is 0 Å². The maximum absolute atomic E-state index is 10.2. The molecule has 2 heteroatoms. The maximum Gasteiger partial charge on any atom is 0.0687 e. The smallest absolute Gasteiger partial charge is 0.0687 e. The molecule has 1 unspecified atom stereocenters. The van der Waals surface area contributed by atoms with Crippen molar-refractivity contribution in [1.82, 2.24) is 0 Å². The van der Waals surface area contributed by atoms with E-state index in [1.54, 1.807) is 0 Å². The third kappa shape index (κ3) is 2.48. The third-order valence-electron chi connectivity index (χ3n) is 2.93. The van der Waals surface area contributed by atoms with E-state index in [1.165, 1.54) is 22.0 Å². The number of hydrogen-bond acceptors (Lipinski definition) is 1. The van der Waals surface area contributed by atoms with Crippen LogP contribution in [0.4, 0.5) is 0 Å². The number of rotatable bonds is 3. The van der Waals surface area contributed by atoms with Crippen LogP contribution in [0.1, 0.15) is 25.3 Å². The largest absolute Gasteiger partial charge is 0.390 e. The Morgan fingerprint density at radius 2 is 1.93 bits per heavy atom. The molecule has 76 valence electrons. The summed E-state index contributed by atoms with van der Waals surface area (Å²) in [5.74, 6) is 0.529. The van der Waals surface area contributed by atoms with Gasteiger partial charge >= 0.3 is 0 Å². The van der Waals surface area contributed by atoms with Crippen molar-refractivity contribution in [3.63, 3.8) is 0 Å². The Morgan fingerprint density at radius 3 is 2.43 bits per heavy atom. The fourth-order valence-electron chi connectivity index (χ4n) is 1.87. The van der Waals surface area contributed by atoms with E-state index in [-0.39, 0.29) is 0 Å². The first-order valence-electron chi connectivity index (χ1n) is 5.05. The Labute approximate surface area is 98.7 Å². The summed E-state index contributed by atoms with van der Waals surface area (Å²) in [7, 11) is 0. The molecule has 14 heavy (non-hydrogen) atoms. The summed E-state index contributed by atoms with van der Waals surface area (Å²) in [4.78, 5) is 0. The van der Waals surface area contributed by atoms with Crippen LogP contribution < -0.4 is 0 Å². The van der Waals surface area contributed by atoms with Crippen LogP contribution in [0.3, 0.4) is 0 Å². The molecule has 1 saturated carbocycles. The molecule has 0 amide bonds. The van der Waals surface area contributed by atoms with Crippen molar-refractivity contribution in [2.75, 3.05) is 0 Å². The van der Waals surface area contributed by atoms with Crippen molar-refractivity contribution < 1.29 is 5.11 Å². The normalized spacial score (nSPS) is 20.5. The topological polar surface area (TPSA) is 20.2 Å². The molecule has 0 aliphatic heterocycles. The molecule has 1 aromatic rings. The summed E-state index contributed by atoms with van der Waals surface area (Å²) in [6, 6.07) is 8.41. The van der Waals surface area contributed by atoms with E-state index in [1.807, 2.05) is 6.92 Å². The molecule has 1 fully saturated rings. The van der Waals surface area contributed by atoms with Crippen LogP contribution in [0, 0.1) is 9.49 Å². The van der Waals surface area contributed by atoms with Crippen LogP contribution >= 0.6 is 22.6 Å². The van der Waals surface area contributed by atoms with Gasteiger partial charge in [0.2, 0.25) is 0 Å². The van der Waals surface area contributed by atoms with E-state index in [9.17, 15) is 5.11 Å². The fraction of sp³-hybridized carbons (Fsp3) is 0.500. The van der Waals surface area contributed by atoms with E-state index < -0.39 is 5.60 Å². The second-order valence-electron chi connectivity index (χ2n) is 4.43. The summed E-state index contributed by atoms with van der Waals surface area (Å²) >= 11 is 2.30. The molecule has 1 nitrogen and oxygen atoms in total. The minimum atomic E-state index is -0.493. The second kappa shape index (κ2) is 3.81. The standard InChI is InChI=1S/C12H15IO/c1-12(14,10-4-5-10)8-9-2-6-11(13)7-3-9/h2-3,6-7,10,14H,4-5,8H2,1H3. The molecule has 1 aliphatic rings. The third-order valence-corrected chi connectivity index (χ3v) is 3.65. The zero-order valence-electron chi connectivity index (χ0n) is 8.33. The number of benzene rings is 1. The molecule has 1 atom stereocenters. The second-order valence-corrected chi connectivity index (χ2v) is 5.68. The molecule has 1 aromatic carbocycles. The summed E-state index contributed by atoms with van der Waals surface area (Å²) in [5, 5.41) is 10.2. The Balaban J connectivity index is 2.06. The molecule has 1 aliphatic carbocycles. The molecular weight excluding hydrogens is 287 g/mol. The van der Waals surface area contributed by atoms with Crippen molar-refractivity contribution in [2.45, 2.75) is 31.8 Å². The van der Waals surface area contributed by atoms with Crippen LogP contribution in [0.25, 0.3) is 0 Å². The van der Waals surface area contributed by atoms with Crippen molar-refractivity contribution in [3.05, 3.63) is 33.4 Å². The molecular formula is C12H15IO. The zero-order valence-corrected chi connectivity index (χ0v) is 10.5. The molecule has 0 spiro atoms. The summed E-state index contributed by atoms with van der Waals surface area (Å²) in [6.07, 6.45) is 3.17. The lowest BCUT2D eigenvalue weighted by molar-refractivity contribution is 0.0372. The van der Waals surface area contributed by atoms with Gasteiger partial charge in [-0.05, 0) is 66.0 Å². The van der Waals surface area contributed by atoms with Crippen LogP contribution in [0.2, 0.25) is 0 Å². The lowest BCUT2D eigenvalue weighted by Gasteiger charge is -2.22. The summed E-state index contributed by atoms with van der Waals surface area (Å²) < 4.78 is 1.25. The number of hydrogen-bond donors (Lipinski definition) is 1. The van der Waals surface area contributed by atoms with Gasteiger partial charge in [-0.3, -0.25) is 0 Å². The first kappa shape index (κ1) is 10.4. The molecule has 1 N–H and O–H groups in total. The predicted molar refractivity (Wildman–Crippen MR) is 66.2 cm³/mol. The Bertz CT molecular complexity index is 312. The van der Waals surface area contributed by atoms with Crippen molar-refractivity contribution in [3.8, 4) is 0 Å². The predicted octanol–water partition coefficient (Wildman–Crippen LogP) is 2.99. The van der Waals surface area contributed by atoms with E-state index in [0.29, 0.717) is 5.92 Å². The highest BCUT2D eigenvalue weighted by Gasteiger charge is 2.39. The Hall–Kier alpha value is -0.0900. The van der Waals surface area contributed by atoms with Crippen molar-refractivity contribution in [2.24, 2.45) is 5.92 Å². The average molecular weight is 302 g/mol. The minimum Gasteiger partial charge on any atom is -0.390 e. The molecule has 0 heterocycles. The summed E-state index contributed by atoms with van der Waals surface area (Å²) in [6.45, 7) is 1.96. The molecule has 0 saturated heterocycles. The van der Waals surface area contributed by atoms with Gasteiger partial charge < -0.3 is 5.11 Å². The quantitative estimate of drug-likeness (QED) is 0.851. The van der Waals surface area contributed by atoms with Gasteiger partial charge in [-0.1, -0.05) is 12.1 Å². The minimum absolute atomic E-state index is 0.493. The van der Waals surface area contributed by atoms with Crippen molar-refractivity contribution in [1.29, 1.82) is 0 Å². The monoisotopic (exact) mass is 302 g/mol. The maximum atomic E-state index is 10.2. The molecule has 0 radical (unpaired) electrons. The van der Waals surface area contributed by atoms with E-state index in [0.717, 1.165) is 6.42 Å². The van der Waals surface area contributed by atoms with Gasteiger partial charge in [0.15, 0.2) is 0 Å². The van der Waals surface area contributed by atoms with Gasteiger partial charge in [-0.2, -0.15) is 0 Å². The molecule has 0 aromatic heterocycles.